The van der Waals surface area contributed by atoms with E-state index in [0.29, 0.717) is 5.92 Å². The van der Waals surface area contributed by atoms with E-state index in [2.05, 4.69) is 11.0 Å². The fourth-order valence-corrected chi connectivity index (χ4v) is 2.87. The van der Waals surface area contributed by atoms with Crippen molar-refractivity contribution in [3.8, 4) is 5.75 Å². The highest BCUT2D eigenvalue weighted by Gasteiger charge is 2.26. The van der Waals surface area contributed by atoms with Gasteiger partial charge in [-0.05, 0) is 25.5 Å². The van der Waals surface area contributed by atoms with Gasteiger partial charge >= 0.3 is 0 Å². The van der Waals surface area contributed by atoms with Crippen molar-refractivity contribution in [2.75, 3.05) is 38.8 Å². The molecule has 1 heterocycles. The lowest BCUT2D eigenvalue weighted by Gasteiger charge is -2.25. The van der Waals surface area contributed by atoms with Crippen molar-refractivity contribution >= 4 is 5.69 Å². The predicted molar refractivity (Wildman–Crippen MR) is 77.8 cm³/mol. The van der Waals surface area contributed by atoms with Crippen LogP contribution in [0.3, 0.4) is 0 Å². The molecule has 4 nitrogen and oxygen atoms in total. The molecule has 2 N–H and O–H groups in total. The van der Waals surface area contributed by atoms with Crippen molar-refractivity contribution in [3.63, 3.8) is 0 Å². The van der Waals surface area contributed by atoms with E-state index in [-0.39, 0.29) is 6.04 Å². The number of hydrogen-bond acceptors (Lipinski definition) is 4. The first-order valence-corrected chi connectivity index (χ1v) is 6.83. The summed E-state index contributed by atoms with van der Waals surface area (Å²) in [5.74, 6) is 1.49. The van der Waals surface area contributed by atoms with Crippen LogP contribution in [0.25, 0.3) is 0 Å². The topological polar surface area (TPSA) is 47.7 Å². The van der Waals surface area contributed by atoms with E-state index >= 15 is 0 Å². The SMILES string of the molecule is COCC1CCN(c2cccc(OC)c2[C@@H](C)N)C1. The van der Waals surface area contributed by atoms with Crippen LogP contribution in [0, 0.1) is 5.92 Å². The smallest absolute Gasteiger partial charge is 0.125 e. The van der Waals surface area contributed by atoms with Crippen LogP contribution in [-0.2, 0) is 4.74 Å². The summed E-state index contributed by atoms with van der Waals surface area (Å²) in [6, 6.07) is 6.11. The van der Waals surface area contributed by atoms with Gasteiger partial charge in [0.2, 0.25) is 0 Å². The minimum Gasteiger partial charge on any atom is -0.496 e. The van der Waals surface area contributed by atoms with Gasteiger partial charge in [-0.15, -0.1) is 0 Å². The Balaban J connectivity index is 2.25. The van der Waals surface area contributed by atoms with Crippen molar-refractivity contribution in [1.82, 2.24) is 0 Å². The molecule has 0 bridgehead atoms. The zero-order valence-corrected chi connectivity index (χ0v) is 12.1. The highest BCUT2D eigenvalue weighted by Crippen LogP contribution is 2.36. The minimum absolute atomic E-state index is 0.0346. The summed E-state index contributed by atoms with van der Waals surface area (Å²) in [4.78, 5) is 2.39. The van der Waals surface area contributed by atoms with Gasteiger partial charge in [-0.3, -0.25) is 0 Å². The Bertz CT molecular complexity index is 421. The maximum Gasteiger partial charge on any atom is 0.125 e. The fraction of sp³-hybridized carbons (Fsp3) is 0.600. The molecule has 0 saturated carbocycles. The third-order valence-electron chi connectivity index (χ3n) is 3.75. The molecule has 1 aromatic carbocycles. The molecule has 19 heavy (non-hydrogen) atoms. The van der Waals surface area contributed by atoms with Gasteiger partial charge in [-0.25, -0.2) is 0 Å². The summed E-state index contributed by atoms with van der Waals surface area (Å²) in [5.41, 5.74) is 8.42. The second kappa shape index (κ2) is 6.26. The van der Waals surface area contributed by atoms with Crippen molar-refractivity contribution in [3.05, 3.63) is 23.8 Å². The molecular formula is C15H24N2O2. The summed E-state index contributed by atoms with van der Waals surface area (Å²) in [7, 11) is 3.46. The largest absolute Gasteiger partial charge is 0.496 e. The van der Waals surface area contributed by atoms with Gasteiger partial charge in [0.1, 0.15) is 5.75 Å². The standard InChI is InChI=1S/C15H24N2O2/c1-11(16)15-13(5-4-6-14(15)19-3)17-8-7-12(9-17)10-18-2/h4-6,11-12H,7-10,16H2,1-3H3/t11-,12?/m1/s1. The Morgan fingerprint density at radius 1 is 1.42 bits per heavy atom. The van der Waals surface area contributed by atoms with Crippen LogP contribution >= 0.6 is 0 Å². The van der Waals surface area contributed by atoms with E-state index < -0.39 is 0 Å². The monoisotopic (exact) mass is 264 g/mol. The van der Waals surface area contributed by atoms with Crippen molar-refractivity contribution in [2.24, 2.45) is 11.7 Å². The first kappa shape index (κ1) is 14.2. The van der Waals surface area contributed by atoms with Crippen LogP contribution in [-0.4, -0.2) is 33.9 Å². The van der Waals surface area contributed by atoms with Crippen molar-refractivity contribution in [2.45, 2.75) is 19.4 Å². The summed E-state index contributed by atoms with van der Waals surface area (Å²) in [6.45, 7) is 4.92. The average molecular weight is 264 g/mol. The molecule has 2 rings (SSSR count). The van der Waals surface area contributed by atoms with Gasteiger partial charge in [0.25, 0.3) is 0 Å². The average Bonchev–Trinajstić information content (AvgIpc) is 2.86. The van der Waals surface area contributed by atoms with E-state index in [0.717, 1.165) is 31.0 Å². The quantitative estimate of drug-likeness (QED) is 0.885. The highest BCUT2D eigenvalue weighted by atomic mass is 16.5. The van der Waals surface area contributed by atoms with Crippen molar-refractivity contribution < 1.29 is 9.47 Å². The van der Waals surface area contributed by atoms with Crippen LogP contribution in [0.2, 0.25) is 0 Å². The number of benzene rings is 1. The molecule has 1 unspecified atom stereocenters. The summed E-state index contributed by atoms with van der Waals surface area (Å²) < 4.78 is 10.7. The second-order valence-electron chi connectivity index (χ2n) is 5.24. The molecule has 4 heteroatoms. The lowest BCUT2D eigenvalue weighted by atomic mass is 10.0. The molecule has 1 aliphatic heterocycles. The predicted octanol–water partition coefficient (Wildman–Crippen LogP) is 2.19. The molecule has 2 atom stereocenters. The number of ether oxygens (including phenoxy) is 2. The summed E-state index contributed by atoms with van der Waals surface area (Å²) in [5, 5.41) is 0. The molecule has 0 aliphatic carbocycles. The first-order chi connectivity index (χ1) is 9.17. The Morgan fingerprint density at radius 3 is 2.84 bits per heavy atom. The van der Waals surface area contributed by atoms with Crippen LogP contribution in [0.15, 0.2) is 18.2 Å². The van der Waals surface area contributed by atoms with Gasteiger partial charge in [0.05, 0.1) is 13.7 Å². The molecule has 0 spiro atoms. The number of anilines is 1. The molecule has 0 amide bonds. The summed E-state index contributed by atoms with van der Waals surface area (Å²) in [6.07, 6.45) is 1.17. The lowest BCUT2D eigenvalue weighted by Crippen LogP contribution is -2.24. The third kappa shape index (κ3) is 3.01. The molecule has 106 valence electrons. The normalized spacial score (nSPS) is 20.6. The molecule has 1 aromatic rings. The van der Waals surface area contributed by atoms with E-state index in [4.69, 9.17) is 15.2 Å². The molecular weight excluding hydrogens is 240 g/mol. The van der Waals surface area contributed by atoms with Crippen LogP contribution < -0.4 is 15.4 Å². The van der Waals surface area contributed by atoms with Gasteiger partial charge in [-0.2, -0.15) is 0 Å². The maximum atomic E-state index is 6.12. The molecule has 0 radical (unpaired) electrons. The van der Waals surface area contributed by atoms with E-state index in [1.165, 1.54) is 12.1 Å². The lowest BCUT2D eigenvalue weighted by molar-refractivity contribution is 0.161. The van der Waals surface area contributed by atoms with Crippen LogP contribution in [0.1, 0.15) is 24.9 Å². The Kier molecular flexibility index (Phi) is 4.66. The number of methoxy groups -OCH3 is 2. The first-order valence-electron chi connectivity index (χ1n) is 6.83. The molecule has 1 aliphatic rings. The van der Waals surface area contributed by atoms with Gasteiger partial charge in [-0.1, -0.05) is 6.07 Å². The molecule has 0 aromatic heterocycles. The molecule has 1 fully saturated rings. The number of hydrogen-bond donors (Lipinski definition) is 1. The summed E-state index contributed by atoms with van der Waals surface area (Å²) >= 11 is 0. The fourth-order valence-electron chi connectivity index (χ4n) is 2.87. The van der Waals surface area contributed by atoms with Gasteiger partial charge in [0.15, 0.2) is 0 Å². The molecule has 1 saturated heterocycles. The Hall–Kier alpha value is -1.26. The second-order valence-corrected chi connectivity index (χ2v) is 5.24. The van der Waals surface area contributed by atoms with E-state index in [9.17, 15) is 0 Å². The zero-order chi connectivity index (χ0) is 13.8. The van der Waals surface area contributed by atoms with Crippen LogP contribution in [0.4, 0.5) is 5.69 Å². The van der Waals surface area contributed by atoms with Crippen LogP contribution in [0.5, 0.6) is 5.75 Å². The highest BCUT2D eigenvalue weighted by molar-refractivity contribution is 5.61. The Morgan fingerprint density at radius 2 is 2.21 bits per heavy atom. The number of nitrogens with two attached hydrogens (primary N) is 1. The van der Waals surface area contributed by atoms with Gasteiger partial charge in [0, 0.05) is 43.4 Å². The van der Waals surface area contributed by atoms with Crippen molar-refractivity contribution in [1.29, 1.82) is 0 Å². The zero-order valence-electron chi connectivity index (χ0n) is 12.1. The minimum atomic E-state index is -0.0346. The van der Waals surface area contributed by atoms with E-state index in [1.807, 2.05) is 19.1 Å². The number of nitrogens with zero attached hydrogens (tertiary/aromatic N) is 1. The Labute approximate surface area is 115 Å². The third-order valence-corrected chi connectivity index (χ3v) is 3.75. The number of rotatable bonds is 5. The maximum absolute atomic E-state index is 6.12. The van der Waals surface area contributed by atoms with Gasteiger partial charge < -0.3 is 20.1 Å². The van der Waals surface area contributed by atoms with E-state index in [1.54, 1.807) is 14.2 Å².